The zero-order chi connectivity index (χ0) is 23.9. The molecule has 9 nitrogen and oxygen atoms in total. The Morgan fingerprint density at radius 3 is 1.94 bits per heavy atom. The summed E-state index contributed by atoms with van der Waals surface area (Å²) in [4.78, 5) is 29.6. The fraction of sp³-hybridized carbons (Fsp3) is 0.565. The molecular formula is C23H37N9. The van der Waals surface area contributed by atoms with Crippen molar-refractivity contribution in [3.05, 3.63) is 30.4 Å². The average Bonchev–Trinajstić information content (AvgIpc) is 3.38. The van der Waals surface area contributed by atoms with Crippen LogP contribution >= 0.6 is 0 Å². The van der Waals surface area contributed by atoms with Crippen molar-refractivity contribution < 1.29 is 0 Å². The van der Waals surface area contributed by atoms with Gasteiger partial charge in [-0.05, 0) is 31.1 Å². The highest BCUT2D eigenvalue weighted by Gasteiger charge is 2.26. The Bertz CT molecular complexity index is 1110. The Labute approximate surface area is 190 Å². The summed E-state index contributed by atoms with van der Waals surface area (Å²) in [6, 6.07) is 0. The number of hydrogen-bond acceptors (Lipinski definition) is 7. The fourth-order valence-corrected chi connectivity index (χ4v) is 4.04. The minimum Gasteiger partial charge on any atom is -0.368 e. The topological polar surface area (TPSA) is 135 Å². The molecule has 4 N–H and O–H groups in total. The number of imidazole rings is 2. The molecule has 0 aliphatic carbocycles. The van der Waals surface area contributed by atoms with Gasteiger partial charge in [-0.1, -0.05) is 54.4 Å². The van der Waals surface area contributed by atoms with Gasteiger partial charge in [0, 0.05) is 0 Å². The van der Waals surface area contributed by atoms with E-state index in [1.165, 1.54) is 19.2 Å². The second-order valence-corrected chi connectivity index (χ2v) is 9.09. The number of nitrogens with zero attached hydrogens (tertiary/aromatic N) is 6. The van der Waals surface area contributed by atoms with Gasteiger partial charge in [-0.3, -0.25) is 0 Å². The van der Waals surface area contributed by atoms with E-state index in [4.69, 9.17) is 5.73 Å². The highest BCUT2D eigenvalue weighted by molar-refractivity contribution is 5.73. The van der Waals surface area contributed by atoms with Crippen LogP contribution in [0, 0.1) is 31.1 Å². The SMILES string of the molecule is CCC(C)C(CC)C(C)(C)C.Cc1nc(N)nc2nc[nH]c12.Cc1ncnc2nc[nH]c12. The van der Waals surface area contributed by atoms with E-state index in [0.717, 1.165) is 39.9 Å². The van der Waals surface area contributed by atoms with Crippen LogP contribution in [0.25, 0.3) is 22.3 Å². The van der Waals surface area contributed by atoms with Crippen molar-refractivity contribution in [2.45, 2.75) is 68.2 Å². The smallest absolute Gasteiger partial charge is 0.222 e. The molecule has 174 valence electrons. The molecular weight excluding hydrogens is 402 g/mol. The lowest BCUT2D eigenvalue weighted by Crippen LogP contribution is -2.25. The molecule has 0 aliphatic heterocycles. The number of aromatic amines is 2. The van der Waals surface area contributed by atoms with Crippen LogP contribution in [0.15, 0.2) is 19.0 Å². The van der Waals surface area contributed by atoms with Crippen molar-refractivity contribution in [2.75, 3.05) is 5.73 Å². The number of anilines is 1. The third-order valence-corrected chi connectivity index (χ3v) is 5.78. The molecule has 2 unspecified atom stereocenters. The second-order valence-electron chi connectivity index (χ2n) is 9.09. The zero-order valence-electron chi connectivity index (χ0n) is 20.6. The maximum Gasteiger partial charge on any atom is 0.222 e. The number of nitrogen functional groups attached to an aromatic ring is 1. The van der Waals surface area contributed by atoms with E-state index in [-0.39, 0.29) is 5.95 Å². The molecule has 4 aromatic heterocycles. The van der Waals surface area contributed by atoms with E-state index in [1.54, 1.807) is 12.7 Å². The van der Waals surface area contributed by atoms with Gasteiger partial charge in [-0.25, -0.2) is 24.9 Å². The lowest BCUT2D eigenvalue weighted by molar-refractivity contribution is 0.158. The van der Waals surface area contributed by atoms with E-state index in [2.05, 4.69) is 81.4 Å². The van der Waals surface area contributed by atoms with Gasteiger partial charge in [0.2, 0.25) is 5.95 Å². The molecule has 0 aromatic carbocycles. The summed E-state index contributed by atoms with van der Waals surface area (Å²) in [5.41, 5.74) is 10.8. The Balaban J connectivity index is 0.000000170. The van der Waals surface area contributed by atoms with E-state index in [1.807, 2.05) is 13.8 Å². The van der Waals surface area contributed by atoms with Gasteiger partial charge in [0.1, 0.15) is 17.4 Å². The summed E-state index contributed by atoms with van der Waals surface area (Å²) in [5, 5.41) is 0. The molecule has 9 heteroatoms. The fourth-order valence-electron chi connectivity index (χ4n) is 4.04. The number of aromatic nitrogens is 8. The molecule has 0 amide bonds. The van der Waals surface area contributed by atoms with Crippen LogP contribution in [0.4, 0.5) is 5.95 Å². The van der Waals surface area contributed by atoms with Crippen molar-refractivity contribution >= 4 is 28.3 Å². The van der Waals surface area contributed by atoms with Crippen LogP contribution in [0.3, 0.4) is 0 Å². The number of H-pyrrole nitrogens is 2. The van der Waals surface area contributed by atoms with Crippen LogP contribution in [-0.4, -0.2) is 39.9 Å². The van der Waals surface area contributed by atoms with Crippen molar-refractivity contribution in [2.24, 2.45) is 17.3 Å². The normalized spacial score (nSPS) is 13.1. The summed E-state index contributed by atoms with van der Waals surface area (Å²) in [5.74, 6) is 2.02. The number of nitrogens with one attached hydrogen (secondary N) is 2. The predicted octanol–water partition coefficient (Wildman–Crippen LogP) is 5.01. The maximum absolute atomic E-state index is 5.41. The van der Waals surface area contributed by atoms with Crippen molar-refractivity contribution in [1.82, 2.24) is 39.9 Å². The van der Waals surface area contributed by atoms with E-state index in [9.17, 15) is 0 Å². The molecule has 2 atom stereocenters. The van der Waals surface area contributed by atoms with Crippen LogP contribution in [0.1, 0.15) is 65.8 Å². The lowest BCUT2D eigenvalue weighted by Gasteiger charge is -2.34. The molecule has 0 radical (unpaired) electrons. The minimum atomic E-state index is 0.266. The van der Waals surface area contributed by atoms with Gasteiger partial charge in [-0.2, -0.15) is 4.98 Å². The van der Waals surface area contributed by atoms with E-state index >= 15 is 0 Å². The van der Waals surface area contributed by atoms with E-state index in [0.29, 0.717) is 11.1 Å². The summed E-state index contributed by atoms with van der Waals surface area (Å²) in [6.45, 7) is 17.8. The van der Waals surface area contributed by atoms with Crippen LogP contribution in [0.5, 0.6) is 0 Å². The van der Waals surface area contributed by atoms with Crippen LogP contribution in [-0.2, 0) is 0 Å². The summed E-state index contributed by atoms with van der Waals surface area (Å²) in [7, 11) is 0. The summed E-state index contributed by atoms with van der Waals surface area (Å²) >= 11 is 0. The molecule has 0 saturated carbocycles. The first-order valence-corrected chi connectivity index (χ1v) is 11.1. The number of fused-ring (bicyclic) bond motifs is 2. The largest absolute Gasteiger partial charge is 0.368 e. The Kier molecular flexibility index (Phi) is 8.63. The number of aryl methyl sites for hydroxylation is 2. The molecule has 4 rings (SSSR count). The second kappa shape index (κ2) is 11.0. The third-order valence-electron chi connectivity index (χ3n) is 5.78. The first-order chi connectivity index (χ1) is 15.1. The molecule has 4 heterocycles. The van der Waals surface area contributed by atoms with Crippen molar-refractivity contribution in [3.8, 4) is 0 Å². The van der Waals surface area contributed by atoms with Gasteiger partial charge >= 0.3 is 0 Å². The first-order valence-electron chi connectivity index (χ1n) is 11.1. The van der Waals surface area contributed by atoms with Crippen LogP contribution < -0.4 is 5.73 Å². The van der Waals surface area contributed by atoms with Gasteiger partial charge < -0.3 is 15.7 Å². The zero-order valence-corrected chi connectivity index (χ0v) is 20.6. The number of rotatable bonds is 3. The van der Waals surface area contributed by atoms with Crippen LogP contribution in [0.2, 0.25) is 0 Å². The molecule has 4 aromatic rings. The quantitative estimate of drug-likeness (QED) is 0.408. The molecule has 0 fully saturated rings. The Hall–Kier alpha value is -3.10. The Morgan fingerprint density at radius 1 is 0.844 bits per heavy atom. The van der Waals surface area contributed by atoms with Gasteiger partial charge in [0.05, 0.1) is 24.0 Å². The summed E-state index contributed by atoms with van der Waals surface area (Å²) < 4.78 is 0. The molecule has 32 heavy (non-hydrogen) atoms. The maximum atomic E-state index is 5.41. The van der Waals surface area contributed by atoms with Gasteiger partial charge in [0.25, 0.3) is 0 Å². The molecule has 0 saturated heterocycles. The predicted molar refractivity (Wildman–Crippen MR) is 130 cm³/mol. The van der Waals surface area contributed by atoms with Crippen molar-refractivity contribution in [1.29, 1.82) is 0 Å². The first kappa shape index (κ1) is 25.2. The number of hydrogen-bond donors (Lipinski definition) is 3. The molecule has 0 bridgehead atoms. The lowest BCUT2D eigenvalue weighted by atomic mass is 9.71. The number of nitrogens with two attached hydrogens (primary N) is 1. The highest BCUT2D eigenvalue weighted by atomic mass is 15.1. The van der Waals surface area contributed by atoms with Gasteiger partial charge in [-0.15, -0.1) is 0 Å². The minimum absolute atomic E-state index is 0.266. The average molecular weight is 440 g/mol. The third kappa shape index (κ3) is 6.45. The highest BCUT2D eigenvalue weighted by Crippen LogP contribution is 2.35. The van der Waals surface area contributed by atoms with E-state index < -0.39 is 0 Å². The molecule has 0 spiro atoms. The molecule has 0 aliphatic rings. The standard InChI is InChI=1S/C11H24.C6H7N5.C6H6N4/c1-7-9(3)10(8-2)11(4,5)6;1-3-4-5(9-2-8-4)11-6(7)10-3;1-4-5-6(9-2-7-4)10-3-8-5/h9-10H,7-8H2,1-6H3;2H,1H3,(H3,7,8,9,10,11);2-3H,1H3,(H,7,8,9,10). The van der Waals surface area contributed by atoms with Gasteiger partial charge in [0.15, 0.2) is 11.3 Å². The summed E-state index contributed by atoms with van der Waals surface area (Å²) in [6.07, 6.45) is 7.34. The Morgan fingerprint density at radius 2 is 1.44 bits per heavy atom. The monoisotopic (exact) mass is 439 g/mol. The van der Waals surface area contributed by atoms with Crippen molar-refractivity contribution in [3.63, 3.8) is 0 Å².